The van der Waals surface area contributed by atoms with E-state index in [2.05, 4.69) is 0 Å². The predicted octanol–water partition coefficient (Wildman–Crippen LogP) is 1.42. The number of ether oxygens (including phenoxy) is 3. The molecule has 0 aliphatic rings. The van der Waals surface area contributed by atoms with Gasteiger partial charge < -0.3 is 14.2 Å². The van der Waals surface area contributed by atoms with Crippen molar-refractivity contribution < 1.29 is 23.8 Å². The van der Waals surface area contributed by atoms with Gasteiger partial charge in [0.2, 0.25) is 0 Å². The lowest BCUT2D eigenvalue weighted by molar-refractivity contribution is -0.163. The first-order chi connectivity index (χ1) is 7.60. The summed E-state index contributed by atoms with van der Waals surface area (Å²) in [7, 11) is 1.42. The Labute approximate surface area is 95.4 Å². The molecule has 92 valence electrons. The van der Waals surface area contributed by atoms with E-state index in [0.29, 0.717) is 6.61 Å². The van der Waals surface area contributed by atoms with Gasteiger partial charge in [-0.3, -0.25) is 0 Å². The third kappa shape index (κ3) is 7.99. The standard InChI is InChI=1S/C11H18O5/c1-4-5-8-15-10(12)6-7-11(13)16-9(2)14-3/h6-7,9H,4-5,8H2,1-3H3. The Kier molecular flexibility index (Phi) is 8.15. The molecule has 0 saturated heterocycles. The Morgan fingerprint density at radius 2 is 1.88 bits per heavy atom. The Morgan fingerprint density at radius 1 is 1.25 bits per heavy atom. The molecule has 0 bridgehead atoms. The minimum Gasteiger partial charge on any atom is -0.463 e. The molecule has 0 amide bonds. The van der Waals surface area contributed by atoms with Crippen LogP contribution in [0.3, 0.4) is 0 Å². The number of esters is 2. The van der Waals surface area contributed by atoms with E-state index in [1.165, 1.54) is 7.11 Å². The molecule has 16 heavy (non-hydrogen) atoms. The molecule has 0 aromatic rings. The normalized spacial score (nSPS) is 12.4. The van der Waals surface area contributed by atoms with Gasteiger partial charge in [-0.05, 0) is 13.3 Å². The van der Waals surface area contributed by atoms with Crippen molar-refractivity contribution in [2.45, 2.75) is 33.0 Å². The molecule has 0 aromatic heterocycles. The number of rotatable bonds is 7. The predicted molar refractivity (Wildman–Crippen MR) is 57.6 cm³/mol. The van der Waals surface area contributed by atoms with Crippen LogP contribution in [-0.4, -0.2) is 31.9 Å². The molecule has 0 N–H and O–H groups in total. The molecular formula is C11H18O5. The van der Waals surface area contributed by atoms with Crippen LogP contribution in [0.4, 0.5) is 0 Å². The molecule has 1 unspecified atom stereocenters. The quantitative estimate of drug-likeness (QED) is 0.286. The molecule has 0 spiro atoms. The third-order valence-corrected chi connectivity index (χ3v) is 1.71. The highest BCUT2D eigenvalue weighted by molar-refractivity contribution is 5.91. The summed E-state index contributed by atoms with van der Waals surface area (Å²) in [5.41, 5.74) is 0. The minimum absolute atomic E-state index is 0.364. The highest BCUT2D eigenvalue weighted by Gasteiger charge is 2.05. The van der Waals surface area contributed by atoms with Crippen LogP contribution in [0, 0.1) is 0 Å². The second kappa shape index (κ2) is 8.91. The molecular weight excluding hydrogens is 212 g/mol. The topological polar surface area (TPSA) is 61.8 Å². The summed E-state index contributed by atoms with van der Waals surface area (Å²) in [6.07, 6.45) is 3.19. The van der Waals surface area contributed by atoms with E-state index in [9.17, 15) is 9.59 Å². The van der Waals surface area contributed by atoms with E-state index in [1.54, 1.807) is 6.92 Å². The van der Waals surface area contributed by atoms with Gasteiger partial charge in [0.1, 0.15) is 0 Å². The van der Waals surface area contributed by atoms with Crippen molar-refractivity contribution in [3.63, 3.8) is 0 Å². The molecule has 5 nitrogen and oxygen atoms in total. The van der Waals surface area contributed by atoms with Crippen LogP contribution in [0.5, 0.6) is 0 Å². The molecule has 1 atom stereocenters. The van der Waals surface area contributed by atoms with Crippen LogP contribution >= 0.6 is 0 Å². The maximum atomic E-state index is 11.0. The van der Waals surface area contributed by atoms with Gasteiger partial charge in [0.25, 0.3) is 0 Å². The van der Waals surface area contributed by atoms with Crippen molar-refractivity contribution in [2.24, 2.45) is 0 Å². The van der Waals surface area contributed by atoms with Crippen molar-refractivity contribution in [1.82, 2.24) is 0 Å². The summed E-state index contributed by atoms with van der Waals surface area (Å²) in [6, 6.07) is 0. The van der Waals surface area contributed by atoms with Crippen molar-refractivity contribution >= 4 is 11.9 Å². The monoisotopic (exact) mass is 230 g/mol. The fourth-order valence-electron chi connectivity index (χ4n) is 0.752. The molecule has 0 saturated carbocycles. The average Bonchev–Trinajstić information content (AvgIpc) is 2.26. The van der Waals surface area contributed by atoms with Crippen LogP contribution in [0.1, 0.15) is 26.7 Å². The van der Waals surface area contributed by atoms with Gasteiger partial charge >= 0.3 is 11.9 Å². The van der Waals surface area contributed by atoms with Crippen LogP contribution in [0.2, 0.25) is 0 Å². The fraction of sp³-hybridized carbons (Fsp3) is 0.636. The van der Waals surface area contributed by atoms with Crippen molar-refractivity contribution in [3.05, 3.63) is 12.2 Å². The molecule has 0 heterocycles. The lowest BCUT2D eigenvalue weighted by atomic mass is 10.4. The molecule has 0 aliphatic heterocycles. The van der Waals surface area contributed by atoms with Crippen LogP contribution < -0.4 is 0 Å². The molecule has 0 aliphatic carbocycles. The van der Waals surface area contributed by atoms with E-state index in [0.717, 1.165) is 25.0 Å². The van der Waals surface area contributed by atoms with Gasteiger partial charge in [-0.25, -0.2) is 9.59 Å². The zero-order valence-electron chi connectivity index (χ0n) is 9.89. The lowest BCUT2D eigenvalue weighted by Gasteiger charge is -2.08. The maximum Gasteiger partial charge on any atom is 0.333 e. The first kappa shape index (κ1) is 14.6. The number of methoxy groups -OCH3 is 1. The van der Waals surface area contributed by atoms with Gasteiger partial charge in [-0.2, -0.15) is 0 Å². The van der Waals surface area contributed by atoms with E-state index in [4.69, 9.17) is 14.2 Å². The number of hydrogen-bond acceptors (Lipinski definition) is 5. The van der Waals surface area contributed by atoms with Crippen LogP contribution in [-0.2, 0) is 23.8 Å². The second-order valence-electron chi connectivity index (χ2n) is 3.09. The Hall–Kier alpha value is -1.36. The Balaban J connectivity index is 3.80. The number of hydrogen-bond donors (Lipinski definition) is 0. The van der Waals surface area contributed by atoms with Gasteiger partial charge in [-0.15, -0.1) is 0 Å². The summed E-state index contributed by atoms with van der Waals surface area (Å²) in [5.74, 6) is -1.18. The number of carbonyl (C=O) groups excluding carboxylic acids is 2. The average molecular weight is 230 g/mol. The first-order valence-electron chi connectivity index (χ1n) is 5.18. The highest BCUT2D eigenvalue weighted by atomic mass is 16.7. The fourth-order valence-corrected chi connectivity index (χ4v) is 0.752. The first-order valence-corrected chi connectivity index (χ1v) is 5.18. The van der Waals surface area contributed by atoms with Crippen molar-refractivity contribution in [2.75, 3.05) is 13.7 Å². The summed E-state index contributed by atoms with van der Waals surface area (Å²) in [5, 5.41) is 0. The largest absolute Gasteiger partial charge is 0.463 e. The van der Waals surface area contributed by atoms with E-state index < -0.39 is 18.2 Å². The minimum atomic E-state index is -0.637. The van der Waals surface area contributed by atoms with Crippen LogP contribution in [0.25, 0.3) is 0 Å². The Bertz CT molecular complexity index is 247. The van der Waals surface area contributed by atoms with Gasteiger partial charge in [0.05, 0.1) is 6.61 Å². The Morgan fingerprint density at radius 3 is 2.44 bits per heavy atom. The maximum absolute atomic E-state index is 11.0. The second-order valence-corrected chi connectivity index (χ2v) is 3.09. The molecule has 0 rings (SSSR count). The molecule has 5 heteroatoms. The van der Waals surface area contributed by atoms with Crippen LogP contribution in [0.15, 0.2) is 12.2 Å². The third-order valence-electron chi connectivity index (χ3n) is 1.71. The summed E-state index contributed by atoms with van der Waals surface area (Å²) in [6.45, 7) is 3.93. The van der Waals surface area contributed by atoms with Gasteiger partial charge in [-0.1, -0.05) is 13.3 Å². The van der Waals surface area contributed by atoms with Gasteiger partial charge in [0, 0.05) is 19.3 Å². The van der Waals surface area contributed by atoms with E-state index >= 15 is 0 Å². The molecule has 0 aromatic carbocycles. The summed E-state index contributed by atoms with van der Waals surface area (Å²) < 4.78 is 14.2. The van der Waals surface area contributed by atoms with Gasteiger partial charge in [0.15, 0.2) is 6.29 Å². The summed E-state index contributed by atoms with van der Waals surface area (Å²) in [4.78, 5) is 22.1. The van der Waals surface area contributed by atoms with Crippen molar-refractivity contribution in [1.29, 1.82) is 0 Å². The van der Waals surface area contributed by atoms with E-state index in [-0.39, 0.29) is 0 Å². The van der Waals surface area contributed by atoms with Crippen molar-refractivity contribution in [3.8, 4) is 0 Å². The lowest BCUT2D eigenvalue weighted by Crippen LogP contribution is -2.15. The SMILES string of the molecule is CCCCOC(=O)C=CC(=O)OC(C)OC. The summed E-state index contributed by atoms with van der Waals surface area (Å²) >= 11 is 0. The zero-order chi connectivity index (χ0) is 12.4. The number of unbranched alkanes of at least 4 members (excludes halogenated alkanes) is 1. The zero-order valence-corrected chi connectivity index (χ0v) is 9.89. The molecule has 0 fully saturated rings. The van der Waals surface area contributed by atoms with E-state index in [1.807, 2.05) is 6.92 Å². The number of carbonyl (C=O) groups is 2. The molecule has 0 radical (unpaired) electrons. The smallest absolute Gasteiger partial charge is 0.333 e. The highest BCUT2D eigenvalue weighted by Crippen LogP contribution is 1.94.